The van der Waals surface area contributed by atoms with E-state index in [0.717, 1.165) is 0 Å². The molecule has 0 amide bonds. The summed E-state index contributed by atoms with van der Waals surface area (Å²) in [6.45, 7) is 0. The Morgan fingerprint density at radius 1 is 1.00 bits per heavy atom. The first-order valence-corrected chi connectivity index (χ1v) is 4.03. The monoisotopic (exact) mass is 321 g/mol. The maximum Gasteiger partial charge on any atom is 0.490 e. The maximum absolute atomic E-state index is 12.1. The smallest absolute Gasteiger partial charge is 0.475 e. The second-order valence-electron chi connectivity index (χ2n) is 2.96. The van der Waals surface area contributed by atoms with Crippen molar-refractivity contribution in [3.63, 3.8) is 0 Å². The molecule has 0 spiro atoms. The molecule has 0 aromatic rings. The van der Waals surface area contributed by atoms with Gasteiger partial charge in [-0.05, 0) is 0 Å². The van der Waals surface area contributed by atoms with Gasteiger partial charge in [0.25, 0.3) is 0 Å². The molecule has 118 valence electrons. The zero-order chi connectivity index (χ0) is 17.0. The summed E-state index contributed by atoms with van der Waals surface area (Å²) in [4.78, 5) is 8.90. The van der Waals surface area contributed by atoms with E-state index in [4.69, 9.17) is 20.3 Å². The van der Waals surface area contributed by atoms with Gasteiger partial charge in [-0.3, -0.25) is 0 Å². The van der Waals surface area contributed by atoms with Crippen molar-refractivity contribution < 1.29 is 54.5 Å². The molecular weight excluding hydrogens is 317 g/mol. The Labute approximate surface area is 104 Å². The van der Waals surface area contributed by atoms with E-state index in [1.54, 1.807) is 0 Å². The minimum atomic E-state index is -6.13. The van der Waals surface area contributed by atoms with Crippen molar-refractivity contribution >= 4 is 5.97 Å². The van der Waals surface area contributed by atoms with E-state index in [9.17, 15) is 39.5 Å². The van der Waals surface area contributed by atoms with Gasteiger partial charge < -0.3 is 10.2 Å². The van der Waals surface area contributed by atoms with Gasteiger partial charge in [0.2, 0.25) is 0 Å². The second kappa shape index (κ2) is 6.16. The highest BCUT2D eigenvalue weighted by molar-refractivity contribution is 5.73. The molecule has 0 bridgehead atoms. The first-order valence-electron chi connectivity index (χ1n) is 4.03. The number of nitriles is 1. The average Bonchev–Trinajstić information content (AvgIpc) is 2.14. The molecule has 2 N–H and O–H groups in total. The molecule has 0 aromatic carbocycles. The van der Waals surface area contributed by atoms with E-state index in [-0.39, 0.29) is 0 Å². The Bertz CT molecular complexity index is 378. The second-order valence-corrected chi connectivity index (χ2v) is 2.96. The molecular formula is C7H4F9NO3. The average molecular weight is 321 g/mol. The molecule has 1 unspecified atom stereocenters. The van der Waals surface area contributed by atoms with E-state index in [1.807, 2.05) is 0 Å². The fraction of sp³-hybridized carbons (Fsp3) is 0.714. The predicted molar refractivity (Wildman–Crippen MR) is 41.0 cm³/mol. The lowest BCUT2D eigenvalue weighted by atomic mass is 10.1. The van der Waals surface area contributed by atoms with Gasteiger partial charge in [-0.25, -0.2) is 4.79 Å². The lowest BCUT2D eigenvalue weighted by molar-refractivity contribution is -0.384. The number of halogens is 9. The van der Waals surface area contributed by atoms with Crippen LogP contribution in [0.5, 0.6) is 0 Å². The van der Waals surface area contributed by atoms with Crippen LogP contribution in [0.4, 0.5) is 39.5 Å². The number of aliphatic hydroxyl groups is 1. The lowest BCUT2D eigenvalue weighted by Gasteiger charge is -2.28. The van der Waals surface area contributed by atoms with Crippen LogP contribution in [0.3, 0.4) is 0 Å². The van der Waals surface area contributed by atoms with Crippen LogP contribution < -0.4 is 0 Å². The normalized spacial score (nSPS) is 15.4. The summed E-state index contributed by atoms with van der Waals surface area (Å²) >= 11 is 0. The largest absolute Gasteiger partial charge is 0.490 e. The van der Waals surface area contributed by atoms with E-state index in [1.165, 1.54) is 0 Å². The van der Waals surface area contributed by atoms with Crippen LogP contribution >= 0.6 is 0 Å². The molecule has 20 heavy (non-hydrogen) atoms. The highest BCUT2D eigenvalue weighted by Crippen LogP contribution is 2.44. The summed E-state index contributed by atoms with van der Waals surface area (Å²) in [6, 6.07) is 0.636. The third-order valence-electron chi connectivity index (χ3n) is 1.40. The van der Waals surface area contributed by atoms with Crippen LogP contribution in [0.2, 0.25) is 0 Å². The van der Waals surface area contributed by atoms with Gasteiger partial charge >= 0.3 is 30.1 Å². The summed E-state index contributed by atoms with van der Waals surface area (Å²) in [5.74, 6) is -13.6. The zero-order valence-corrected chi connectivity index (χ0v) is 8.86. The van der Waals surface area contributed by atoms with Crippen LogP contribution in [0.25, 0.3) is 0 Å². The quantitative estimate of drug-likeness (QED) is 0.765. The highest BCUT2D eigenvalue weighted by Gasteiger charge is 2.70. The van der Waals surface area contributed by atoms with Gasteiger partial charge in [-0.1, -0.05) is 0 Å². The number of carboxylic acid groups (broad SMARTS) is 1. The Kier molecular flexibility index (Phi) is 6.35. The Hall–Kier alpha value is -1.71. The predicted octanol–water partition coefficient (Wildman–Crippen LogP) is 2.39. The molecule has 0 aromatic heterocycles. The molecule has 0 saturated carbocycles. The molecule has 0 rings (SSSR count). The van der Waals surface area contributed by atoms with Crippen molar-refractivity contribution in [2.45, 2.75) is 30.6 Å². The maximum atomic E-state index is 12.1. The molecule has 0 fully saturated rings. The third kappa shape index (κ3) is 5.51. The fourth-order valence-corrected chi connectivity index (χ4v) is 0.424. The molecule has 0 aliphatic heterocycles. The fourth-order valence-electron chi connectivity index (χ4n) is 0.424. The molecule has 0 saturated heterocycles. The number of carboxylic acids is 1. The SMILES string of the molecule is N#CCC(F)(F)C(O)(F)C(F)(F)F.O=C(O)C(F)(F)F. The number of alkyl halides is 9. The van der Waals surface area contributed by atoms with Crippen molar-refractivity contribution in [3.05, 3.63) is 0 Å². The van der Waals surface area contributed by atoms with Crippen LogP contribution in [0, 0.1) is 11.3 Å². The summed E-state index contributed by atoms with van der Waals surface area (Å²) < 4.78 is 102. The lowest BCUT2D eigenvalue weighted by Crippen LogP contribution is -2.55. The number of rotatable bonds is 2. The van der Waals surface area contributed by atoms with E-state index in [0.29, 0.717) is 6.07 Å². The van der Waals surface area contributed by atoms with Crippen LogP contribution in [0.15, 0.2) is 0 Å². The Morgan fingerprint density at radius 2 is 1.30 bits per heavy atom. The highest BCUT2D eigenvalue weighted by atomic mass is 19.4. The van der Waals surface area contributed by atoms with Crippen LogP contribution in [-0.4, -0.2) is 40.3 Å². The first-order chi connectivity index (χ1) is 8.50. The molecule has 0 aliphatic carbocycles. The first kappa shape index (κ1) is 20.6. The van der Waals surface area contributed by atoms with E-state index >= 15 is 0 Å². The topological polar surface area (TPSA) is 81.3 Å². The molecule has 0 radical (unpaired) electrons. The summed E-state index contributed by atoms with van der Waals surface area (Å²) in [7, 11) is 0. The van der Waals surface area contributed by atoms with Crippen molar-refractivity contribution in [1.29, 1.82) is 5.26 Å². The van der Waals surface area contributed by atoms with E-state index in [2.05, 4.69) is 0 Å². The van der Waals surface area contributed by atoms with Gasteiger partial charge in [0, 0.05) is 0 Å². The summed E-state index contributed by atoms with van der Waals surface area (Å²) in [5.41, 5.74) is 0. The summed E-state index contributed by atoms with van der Waals surface area (Å²) in [5, 5.41) is 22.6. The summed E-state index contributed by atoms with van der Waals surface area (Å²) in [6.07, 6.45) is -13.3. The van der Waals surface area contributed by atoms with Crippen molar-refractivity contribution in [2.24, 2.45) is 0 Å². The van der Waals surface area contributed by atoms with E-state index < -0.39 is 36.5 Å². The van der Waals surface area contributed by atoms with Gasteiger partial charge in [0.15, 0.2) is 0 Å². The van der Waals surface area contributed by atoms with Gasteiger partial charge in [0.1, 0.15) is 6.42 Å². The van der Waals surface area contributed by atoms with Crippen LogP contribution in [0.1, 0.15) is 6.42 Å². The molecule has 0 heterocycles. The minimum absolute atomic E-state index is 0.636. The molecule has 0 aliphatic rings. The van der Waals surface area contributed by atoms with Gasteiger partial charge in [-0.2, -0.15) is 44.8 Å². The van der Waals surface area contributed by atoms with Gasteiger partial charge in [-0.15, -0.1) is 0 Å². The van der Waals surface area contributed by atoms with Crippen molar-refractivity contribution in [1.82, 2.24) is 0 Å². The number of hydrogen-bond acceptors (Lipinski definition) is 3. The van der Waals surface area contributed by atoms with Crippen molar-refractivity contribution in [3.8, 4) is 6.07 Å². The minimum Gasteiger partial charge on any atom is -0.475 e. The number of hydrogen-bond donors (Lipinski definition) is 2. The number of carbonyl (C=O) groups is 1. The van der Waals surface area contributed by atoms with Gasteiger partial charge in [0.05, 0.1) is 6.07 Å². The van der Waals surface area contributed by atoms with Crippen molar-refractivity contribution in [2.75, 3.05) is 0 Å². The Balaban J connectivity index is 0. The molecule has 1 atom stereocenters. The number of aliphatic carboxylic acids is 1. The molecule has 13 heteroatoms. The number of nitrogens with zero attached hydrogens (tertiary/aromatic N) is 1. The van der Waals surface area contributed by atoms with Crippen LogP contribution in [-0.2, 0) is 4.79 Å². The molecule has 4 nitrogen and oxygen atoms in total. The standard InChI is InChI=1S/C5H3F6NO.C2HF3O2/c6-3(7,1-2-12)4(8,13)5(9,10)11;3-2(4,5)1(6)7/h13H,1H2;(H,6,7). The zero-order valence-electron chi connectivity index (χ0n) is 8.86. The Morgan fingerprint density at radius 3 is 1.45 bits per heavy atom. The third-order valence-corrected chi connectivity index (χ3v) is 1.40.